The van der Waals surface area contributed by atoms with Gasteiger partial charge < -0.3 is 4.57 Å². The standard InChI is InChI=1S/C12H11FN2O2/c1-8-3-4-9(13)10(7-8)15-6-5-14(2)11(16)12(15)17/h3-7H,1-2H3. The smallest absolute Gasteiger partial charge is 0.312 e. The van der Waals surface area contributed by atoms with E-state index >= 15 is 0 Å². The first-order valence-corrected chi connectivity index (χ1v) is 5.05. The van der Waals surface area contributed by atoms with Gasteiger partial charge in [0.1, 0.15) is 5.82 Å². The summed E-state index contributed by atoms with van der Waals surface area (Å²) in [5, 5.41) is 0. The predicted octanol–water partition coefficient (Wildman–Crippen LogP) is 0.984. The lowest BCUT2D eigenvalue weighted by Gasteiger charge is -2.08. The van der Waals surface area contributed by atoms with Crippen molar-refractivity contribution in [2.45, 2.75) is 6.92 Å². The van der Waals surface area contributed by atoms with E-state index in [-0.39, 0.29) is 5.69 Å². The Labute approximate surface area is 96.6 Å². The van der Waals surface area contributed by atoms with Crippen molar-refractivity contribution in [3.63, 3.8) is 0 Å². The normalized spacial score (nSPS) is 10.5. The third-order valence-electron chi connectivity index (χ3n) is 2.52. The van der Waals surface area contributed by atoms with Gasteiger partial charge in [0.15, 0.2) is 0 Å². The first-order valence-electron chi connectivity index (χ1n) is 5.05. The van der Waals surface area contributed by atoms with Crippen LogP contribution in [0.1, 0.15) is 5.56 Å². The van der Waals surface area contributed by atoms with E-state index in [0.29, 0.717) is 0 Å². The van der Waals surface area contributed by atoms with E-state index in [1.54, 1.807) is 13.0 Å². The molecule has 0 saturated heterocycles. The highest BCUT2D eigenvalue weighted by Gasteiger charge is 2.09. The molecule has 0 amide bonds. The summed E-state index contributed by atoms with van der Waals surface area (Å²) in [6.45, 7) is 1.79. The molecule has 0 atom stereocenters. The molecular formula is C12H11FN2O2. The van der Waals surface area contributed by atoms with Crippen LogP contribution >= 0.6 is 0 Å². The zero-order valence-corrected chi connectivity index (χ0v) is 9.48. The molecule has 0 spiro atoms. The Morgan fingerprint density at radius 2 is 1.82 bits per heavy atom. The Morgan fingerprint density at radius 1 is 1.12 bits per heavy atom. The topological polar surface area (TPSA) is 44.0 Å². The van der Waals surface area contributed by atoms with Crippen molar-refractivity contribution >= 4 is 0 Å². The van der Waals surface area contributed by atoms with Gasteiger partial charge in [0, 0.05) is 19.4 Å². The third kappa shape index (κ3) is 1.91. The number of halogens is 1. The SMILES string of the molecule is Cc1ccc(F)c(-n2ccn(C)c(=O)c2=O)c1. The predicted molar refractivity (Wildman–Crippen MR) is 62.0 cm³/mol. The van der Waals surface area contributed by atoms with E-state index in [1.807, 2.05) is 0 Å². The van der Waals surface area contributed by atoms with Crippen LogP contribution in [-0.4, -0.2) is 9.13 Å². The molecule has 2 rings (SSSR count). The van der Waals surface area contributed by atoms with Gasteiger partial charge >= 0.3 is 11.1 Å². The van der Waals surface area contributed by atoms with Gasteiger partial charge in [-0.2, -0.15) is 0 Å². The van der Waals surface area contributed by atoms with E-state index in [0.717, 1.165) is 14.7 Å². The summed E-state index contributed by atoms with van der Waals surface area (Å²) in [7, 11) is 1.47. The monoisotopic (exact) mass is 234 g/mol. The van der Waals surface area contributed by atoms with Crippen molar-refractivity contribution < 1.29 is 4.39 Å². The van der Waals surface area contributed by atoms with Crippen LogP contribution in [0, 0.1) is 12.7 Å². The number of benzene rings is 1. The van der Waals surface area contributed by atoms with Crippen LogP contribution < -0.4 is 11.1 Å². The van der Waals surface area contributed by atoms with E-state index in [2.05, 4.69) is 0 Å². The molecule has 0 N–H and O–H groups in total. The number of hydrogen-bond acceptors (Lipinski definition) is 2. The van der Waals surface area contributed by atoms with E-state index < -0.39 is 16.9 Å². The number of rotatable bonds is 1. The van der Waals surface area contributed by atoms with Gasteiger partial charge in [-0.1, -0.05) is 6.07 Å². The third-order valence-corrected chi connectivity index (χ3v) is 2.52. The summed E-state index contributed by atoms with van der Waals surface area (Å²) >= 11 is 0. The van der Waals surface area contributed by atoms with Crippen molar-refractivity contribution in [1.82, 2.24) is 9.13 Å². The molecular weight excluding hydrogens is 223 g/mol. The molecule has 88 valence electrons. The lowest BCUT2D eigenvalue weighted by molar-refractivity contribution is 0.613. The quantitative estimate of drug-likeness (QED) is 0.690. The van der Waals surface area contributed by atoms with Crippen molar-refractivity contribution in [1.29, 1.82) is 0 Å². The first-order chi connectivity index (χ1) is 8.00. The molecule has 0 bridgehead atoms. The van der Waals surface area contributed by atoms with Crippen LogP contribution in [0.5, 0.6) is 0 Å². The molecule has 0 saturated carbocycles. The van der Waals surface area contributed by atoms with Crippen LogP contribution in [0.2, 0.25) is 0 Å². The minimum atomic E-state index is -0.764. The second-order valence-electron chi connectivity index (χ2n) is 3.84. The fourth-order valence-corrected chi connectivity index (χ4v) is 1.55. The van der Waals surface area contributed by atoms with Crippen LogP contribution in [0.4, 0.5) is 4.39 Å². The Bertz CT molecular complexity index is 686. The van der Waals surface area contributed by atoms with Crippen molar-refractivity contribution in [2.75, 3.05) is 0 Å². The average Bonchev–Trinajstić information content (AvgIpc) is 2.30. The number of aromatic nitrogens is 2. The lowest BCUT2D eigenvalue weighted by atomic mass is 10.2. The molecule has 1 aromatic heterocycles. The van der Waals surface area contributed by atoms with Crippen molar-refractivity contribution in [3.8, 4) is 5.69 Å². The molecule has 0 aliphatic carbocycles. The number of nitrogens with zero attached hydrogens (tertiary/aromatic N) is 2. The Morgan fingerprint density at radius 3 is 2.53 bits per heavy atom. The number of aryl methyl sites for hydroxylation is 2. The van der Waals surface area contributed by atoms with Crippen molar-refractivity contribution in [3.05, 3.63) is 62.7 Å². The highest BCUT2D eigenvalue weighted by Crippen LogP contribution is 2.12. The fourth-order valence-electron chi connectivity index (χ4n) is 1.55. The Kier molecular flexibility index (Phi) is 2.67. The van der Waals surface area contributed by atoms with Crippen LogP contribution in [-0.2, 0) is 7.05 Å². The molecule has 1 heterocycles. The first kappa shape index (κ1) is 11.3. The van der Waals surface area contributed by atoms with Gasteiger partial charge in [-0.15, -0.1) is 0 Å². The maximum absolute atomic E-state index is 13.6. The van der Waals surface area contributed by atoms with Gasteiger partial charge in [-0.05, 0) is 24.6 Å². The largest absolute Gasteiger partial charge is 0.321 e. The van der Waals surface area contributed by atoms with Crippen LogP contribution in [0.15, 0.2) is 40.2 Å². The Hall–Kier alpha value is -2.17. The summed E-state index contributed by atoms with van der Waals surface area (Å²) in [4.78, 5) is 23.2. The molecule has 0 radical (unpaired) electrons. The zero-order valence-electron chi connectivity index (χ0n) is 9.48. The van der Waals surface area contributed by atoms with Gasteiger partial charge in [0.05, 0.1) is 5.69 Å². The highest BCUT2D eigenvalue weighted by atomic mass is 19.1. The maximum atomic E-state index is 13.6. The molecule has 0 unspecified atom stereocenters. The second kappa shape index (κ2) is 4.01. The molecule has 17 heavy (non-hydrogen) atoms. The van der Waals surface area contributed by atoms with E-state index in [4.69, 9.17) is 0 Å². The minimum Gasteiger partial charge on any atom is -0.312 e. The van der Waals surface area contributed by atoms with E-state index in [9.17, 15) is 14.0 Å². The average molecular weight is 234 g/mol. The van der Waals surface area contributed by atoms with Gasteiger partial charge in [0.2, 0.25) is 0 Å². The van der Waals surface area contributed by atoms with E-state index in [1.165, 1.54) is 31.6 Å². The van der Waals surface area contributed by atoms with Gasteiger partial charge in [-0.25, -0.2) is 4.39 Å². The summed E-state index contributed by atoms with van der Waals surface area (Å²) in [5.41, 5.74) is -0.547. The Balaban J connectivity index is 2.78. The second-order valence-corrected chi connectivity index (χ2v) is 3.84. The molecule has 0 aliphatic heterocycles. The summed E-state index contributed by atoms with van der Waals surface area (Å²) in [5.74, 6) is -0.536. The summed E-state index contributed by atoms with van der Waals surface area (Å²) in [6.07, 6.45) is 2.80. The summed E-state index contributed by atoms with van der Waals surface area (Å²) in [6, 6.07) is 4.40. The molecule has 0 aliphatic rings. The van der Waals surface area contributed by atoms with Crippen LogP contribution in [0.3, 0.4) is 0 Å². The minimum absolute atomic E-state index is 0.0905. The summed E-state index contributed by atoms with van der Waals surface area (Å²) < 4.78 is 15.8. The highest BCUT2D eigenvalue weighted by molar-refractivity contribution is 5.37. The lowest BCUT2D eigenvalue weighted by Crippen LogP contribution is -2.39. The van der Waals surface area contributed by atoms with Gasteiger partial charge in [-0.3, -0.25) is 14.2 Å². The fraction of sp³-hybridized carbons (Fsp3) is 0.167. The van der Waals surface area contributed by atoms with Gasteiger partial charge in [0.25, 0.3) is 0 Å². The number of hydrogen-bond donors (Lipinski definition) is 0. The maximum Gasteiger partial charge on any atom is 0.321 e. The zero-order chi connectivity index (χ0) is 12.6. The molecule has 2 aromatic rings. The van der Waals surface area contributed by atoms with Crippen LogP contribution in [0.25, 0.3) is 5.69 Å². The molecule has 0 fully saturated rings. The molecule has 5 heteroatoms. The van der Waals surface area contributed by atoms with Crippen molar-refractivity contribution in [2.24, 2.45) is 7.05 Å². The molecule has 4 nitrogen and oxygen atoms in total. The molecule has 1 aromatic carbocycles.